The van der Waals surface area contributed by atoms with Gasteiger partial charge in [0, 0.05) is 30.7 Å². The number of nitrogens with zero attached hydrogens (tertiary/aromatic N) is 1. The van der Waals surface area contributed by atoms with Crippen molar-refractivity contribution >= 4 is 35.9 Å². The minimum Gasteiger partial charge on any atom is -0.512 e. The Morgan fingerprint density at radius 3 is 1.74 bits per heavy atom. The number of nitrogens with one attached hydrogen (secondary N) is 1. The lowest BCUT2D eigenvalue weighted by Gasteiger charge is -2.37. The van der Waals surface area contributed by atoms with E-state index in [1.165, 1.54) is 0 Å². The Labute approximate surface area is 208 Å². The van der Waals surface area contributed by atoms with Gasteiger partial charge in [-0.2, -0.15) is 43.8 Å². The summed E-state index contributed by atoms with van der Waals surface area (Å²) >= 11 is 0. The van der Waals surface area contributed by atoms with Crippen LogP contribution >= 0.6 is 0 Å². The first-order valence-electron chi connectivity index (χ1n) is 9.42. The molecule has 0 saturated carbocycles. The summed E-state index contributed by atoms with van der Waals surface area (Å²) in [5.74, 6) is -10.5. The van der Waals surface area contributed by atoms with Crippen molar-refractivity contribution in [2.45, 2.75) is 34.8 Å². The largest absolute Gasteiger partial charge is 0.512 e. The van der Waals surface area contributed by atoms with Gasteiger partial charge in [0.2, 0.25) is 0 Å². The number of halogens is 9. The standard InChI is InChI=1S/C15H17F9N2O9S3/c1-8(7-27)10(28)6-11(29)9-2-4-26(5-3-9)38(34,35)14(20,21)12(16,17)13(18,19)36(30,31)25-37(32,33)15(22,23)24/h6,9,25,27,29H,1-5,7H2/b11-6-. The van der Waals surface area contributed by atoms with Crippen molar-refractivity contribution in [3.8, 4) is 0 Å². The number of piperidine rings is 1. The first-order chi connectivity index (χ1) is 16.7. The molecule has 1 aliphatic heterocycles. The molecule has 1 fully saturated rings. The smallest absolute Gasteiger partial charge is 0.512 e. The van der Waals surface area contributed by atoms with E-state index in [-0.39, 0.29) is 0 Å². The number of rotatable bonds is 11. The van der Waals surface area contributed by atoms with E-state index in [2.05, 4.69) is 6.58 Å². The number of alkyl halides is 9. The fourth-order valence-electron chi connectivity index (χ4n) is 2.73. The number of aliphatic hydroxyl groups excluding tert-OH is 2. The van der Waals surface area contributed by atoms with Crippen molar-refractivity contribution in [1.82, 2.24) is 8.43 Å². The van der Waals surface area contributed by atoms with Crippen molar-refractivity contribution in [2.24, 2.45) is 5.92 Å². The second-order valence-corrected chi connectivity index (χ2v) is 13.2. The maximum absolute atomic E-state index is 14.3. The predicted octanol–water partition coefficient (Wildman–Crippen LogP) is 1.18. The van der Waals surface area contributed by atoms with E-state index >= 15 is 0 Å². The number of sulfonamides is 3. The van der Waals surface area contributed by atoms with Gasteiger partial charge in [-0.25, -0.2) is 25.3 Å². The summed E-state index contributed by atoms with van der Waals surface area (Å²) in [4.78, 5) is 11.6. The summed E-state index contributed by atoms with van der Waals surface area (Å²) in [5.41, 5.74) is -7.08. The van der Waals surface area contributed by atoms with Crippen LogP contribution in [0.2, 0.25) is 0 Å². The van der Waals surface area contributed by atoms with Crippen molar-refractivity contribution in [2.75, 3.05) is 19.7 Å². The lowest BCUT2D eigenvalue weighted by atomic mass is 9.95. The second kappa shape index (κ2) is 10.6. The fraction of sp³-hybridized carbons (Fsp3) is 0.667. The second-order valence-electron chi connectivity index (χ2n) is 7.52. The number of carbonyl (C=O) groups excluding carboxylic acids is 1. The molecular weight excluding hydrogens is 619 g/mol. The van der Waals surface area contributed by atoms with E-state index < -0.39 is 116 Å². The van der Waals surface area contributed by atoms with Crippen LogP contribution in [-0.2, 0) is 34.9 Å². The molecule has 38 heavy (non-hydrogen) atoms. The van der Waals surface area contributed by atoms with Gasteiger partial charge in [-0.05, 0) is 12.8 Å². The van der Waals surface area contributed by atoms with Gasteiger partial charge in [0.05, 0.1) is 12.4 Å². The molecule has 1 rings (SSSR count). The van der Waals surface area contributed by atoms with Crippen LogP contribution in [-0.4, -0.2) is 87.2 Å². The molecule has 0 aliphatic carbocycles. The number of hydrogen-bond acceptors (Lipinski definition) is 9. The zero-order chi connectivity index (χ0) is 30.3. The Kier molecular flexibility index (Phi) is 9.47. The molecule has 1 aliphatic rings. The molecule has 1 saturated heterocycles. The first-order valence-corrected chi connectivity index (χ1v) is 13.8. The van der Waals surface area contributed by atoms with Gasteiger partial charge in [0.1, 0.15) is 0 Å². The van der Waals surface area contributed by atoms with Crippen molar-refractivity contribution in [1.29, 1.82) is 0 Å². The zero-order valence-corrected chi connectivity index (χ0v) is 20.7. The van der Waals surface area contributed by atoms with Crippen LogP contribution in [0.25, 0.3) is 0 Å². The summed E-state index contributed by atoms with van der Waals surface area (Å²) in [7, 11) is -22.2. The Morgan fingerprint density at radius 2 is 1.34 bits per heavy atom. The highest BCUT2D eigenvalue weighted by Gasteiger charge is 2.83. The molecule has 0 aromatic heterocycles. The molecule has 3 N–H and O–H groups in total. The van der Waals surface area contributed by atoms with E-state index in [1.54, 1.807) is 0 Å². The van der Waals surface area contributed by atoms with Gasteiger partial charge in [0.25, 0.3) is 20.0 Å². The molecule has 11 nitrogen and oxygen atoms in total. The highest BCUT2D eigenvalue weighted by Crippen LogP contribution is 2.52. The van der Waals surface area contributed by atoms with Crippen LogP contribution in [0.5, 0.6) is 0 Å². The Balaban J connectivity index is 3.29. The van der Waals surface area contributed by atoms with Gasteiger partial charge in [-0.3, -0.25) is 4.79 Å². The monoisotopic (exact) mass is 636 g/mol. The Bertz CT molecular complexity index is 1300. The third kappa shape index (κ3) is 5.95. The lowest BCUT2D eigenvalue weighted by Crippen LogP contribution is -2.65. The maximum atomic E-state index is 14.3. The van der Waals surface area contributed by atoms with Crippen molar-refractivity contribution in [3.63, 3.8) is 0 Å². The minimum absolute atomic E-state index is 0.396. The topological polar surface area (TPSA) is 175 Å². The van der Waals surface area contributed by atoms with E-state index in [9.17, 15) is 74.7 Å². The summed E-state index contributed by atoms with van der Waals surface area (Å²) in [6.45, 7) is -0.0589. The van der Waals surface area contributed by atoms with E-state index in [0.29, 0.717) is 6.08 Å². The van der Waals surface area contributed by atoms with Gasteiger partial charge in [-0.1, -0.05) is 10.7 Å². The van der Waals surface area contributed by atoms with Crippen LogP contribution in [0, 0.1) is 5.92 Å². The molecule has 0 unspecified atom stereocenters. The fourth-order valence-corrected chi connectivity index (χ4v) is 6.68. The van der Waals surface area contributed by atoms with E-state index in [4.69, 9.17) is 5.11 Å². The molecule has 0 amide bonds. The van der Waals surface area contributed by atoms with Gasteiger partial charge in [0.15, 0.2) is 5.78 Å². The third-order valence-electron chi connectivity index (χ3n) is 4.95. The Morgan fingerprint density at radius 1 is 0.895 bits per heavy atom. The molecule has 0 aromatic rings. The Hall–Kier alpha value is -1.95. The van der Waals surface area contributed by atoms with Crippen LogP contribution in [0.4, 0.5) is 39.5 Å². The lowest BCUT2D eigenvalue weighted by molar-refractivity contribution is -0.245. The highest BCUT2D eigenvalue weighted by molar-refractivity contribution is 8.05. The summed E-state index contributed by atoms with van der Waals surface area (Å²) < 4.78 is 189. The average molecular weight is 636 g/mol. The average Bonchev–Trinajstić information content (AvgIpc) is 2.76. The SMILES string of the molecule is C=C(CO)C(=O)/C=C(\O)C1CCN(S(=O)(=O)C(F)(F)C(F)(F)C(F)(F)S(=O)(=O)NS(=O)(=O)C(F)(F)F)CC1. The van der Waals surface area contributed by atoms with Crippen LogP contribution in [0.3, 0.4) is 0 Å². The van der Waals surface area contributed by atoms with Crippen LogP contribution < -0.4 is 4.13 Å². The van der Waals surface area contributed by atoms with Crippen molar-refractivity contribution < 1.29 is 79.8 Å². The number of ketones is 1. The zero-order valence-electron chi connectivity index (χ0n) is 18.2. The number of allylic oxidation sites excluding steroid dienone is 2. The van der Waals surface area contributed by atoms with E-state index in [0.717, 1.165) is 0 Å². The normalized spacial score (nSPS) is 18.4. The molecule has 23 heteroatoms. The van der Waals surface area contributed by atoms with E-state index in [1.807, 2.05) is 0 Å². The molecule has 222 valence electrons. The van der Waals surface area contributed by atoms with Crippen LogP contribution in [0.1, 0.15) is 12.8 Å². The molecule has 0 atom stereocenters. The summed E-state index contributed by atoms with van der Waals surface area (Å²) in [6, 6.07) is 0. The maximum Gasteiger partial charge on any atom is 0.512 e. The molecule has 0 spiro atoms. The van der Waals surface area contributed by atoms with Crippen molar-refractivity contribution in [3.05, 3.63) is 24.0 Å². The van der Waals surface area contributed by atoms with Gasteiger partial charge < -0.3 is 10.2 Å². The molecular formula is C15H17F9N2O9S3. The third-order valence-corrected chi connectivity index (χ3v) is 10.2. The molecule has 0 radical (unpaired) electrons. The minimum atomic E-state index is -7.87. The molecule has 0 aromatic carbocycles. The predicted molar refractivity (Wildman–Crippen MR) is 107 cm³/mol. The quantitative estimate of drug-likeness (QED) is 0.171. The number of aliphatic hydroxyl groups is 2. The number of hydrogen-bond donors (Lipinski definition) is 3. The van der Waals surface area contributed by atoms with Crippen LogP contribution in [0.15, 0.2) is 24.0 Å². The summed E-state index contributed by atoms with van der Waals surface area (Å²) in [5, 5.41) is 4.19. The first kappa shape index (κ1) is 34.1. The van der Waals surface area contributed by atoms with Gasteiger partial charge in [-0.15, -0.1) is 0 Å². The molecule has 0 bridgehead atoms. The highest BCUT2D eigenvalue weighted by atomic mass is 32.3. The molecule has 1 heterocycles. The number of carbonyl (C=O) groups is 1. The van der Waals surface area contributed by atoms with Gasteiger partial charge >= 0.3 is 32.0 Å². The summed E-state index contributed by atoms with van der Waals surface area (Å²) in [6.07, 6.45) is -0.826.